The van der Waals surface area contributed by atoms with Crippen LogP contribution in [0.1, 0.15) is 36.7 Å². The number of ketones is 1. The Balaban J connectivity index is 1.96. The first-order chi connectivity index (χ1) is 13.0. The van der Waals surface area contributed by atoms with Crippen molar-refractivity contribution in [3.05, 3.63) is 52.4 Å². The highest BCUT2D eigenvalue weighted by Gasteiger charge is 2.27. The Morgan fingerprint density at radius 3 is 2.78 bits per heavy atom. The first-order valence-electron chi connectivity index (χ1n) is 8.84. The SMILES string of the molecule is CCCN1C(=O)COc2ccc(C(=O)C(C)n3cccc(OC)c3=O)cc21. The molecule has 1 amide bonds. The van der Waals surface area contributed by atoms with Crippen molar-refractivity contribution in [1.29, 1.82) is 0 Å². The third kappa shape index (κ3) is 3.45. The lowest BCUT2D eigenvalue weighted by Gasteiger charge is -2.29. The largest absolute Gasteiger partial charge is 0.491 e. The zero-order chi connectivity index (χ0) is 19.6. The van der Waals surface area contributed by atoms with Gasteiger partial charge in [-0.1, -0.05) is 6.92 Å². The van der Waals surface area contributed by atoms with Crippen LogP contribution in [0.3, 0.4) is 0 Å². The quantitative estimate of drug-likeness (QED) is 0.730. The third-order valence-corrected chi connectivity index (χ3v) is 4.59. The average Bonchev–Trinajstić information content (AvgIpc) is 2.69. The van der Waals surface area contributed by atoms with E-state index in [1.807, 2.05) is 6.92 Å². The molecule has 0 radical (unpaired) electrons. The number of pyridine rings is 1. The molecule has 0 saturated heterocycles. The Bertz CT molecular complexity index is 934. The molecule has 0 N–H and O–H groups in total. The molecule has 0 aliphatic carbocycles. The summed E-state index contributed by atoms with van der Waals surface area (Å²) in [7, 11) is 1.41. The van der Waals surface area contributed by atoms with E-state index in [9.17, 15) is 14.4 Å². The predicted molar refractivity (Wildman–Crippen MR) is 101 cm³/mol. The summed E-state index contributed by atoms with van der Waals surface area (Å²) >= 11 is 0. The topological polar surface area (TPSA) is 77.8 Å². The second kappa shape index (κ2) is 7.65. The molecular weight excluding hydrogens is 348 g/mol. The highest BCUT2D eigenvalue weighted by Crippen LogP contribution is 2.34. The van der Waals surface area contributed by atoms with Gasteiger partial charge in [0, 0.05) is 18.3 Å². The summed E-state index contributed by atoms with van der Waals surface area (Å²) < 4.78 is 11.8. The number of carbonyl (C=O) groups is 2. The lowest BCUT2D eigenvalue weighted by molar-refractivity contribution is -0.121. The fourth-order valence-electron chi connectivity index (χ4n) is 3.14. The summed E-state index contributed by atoms with van der Waals surface area (Å²) in [6, 6.07) is 7.51. The molecule has 2 heterocycles. The molecule has 142 valence electrons. The molecule has 1 aliphatic heterocycles. The number of carbonyl (C=O) groups excluding carboxylic acids is 2. The Morgan fingerprint density at radius 1 is 1.30 bits per heavy atom. The number of rotatable bonds is 6. The highest BCUT2D eigenvalue weighted by atomic mass is 16.5. The Morgan fingerprint density at radius 2 is 2.07 bits per heavy atom. The molecular formula is C20H22N2O5. The van der Waals surface area contributed by atoms with Crippen LogP contribution >= 0.6 is 0 Å². The number of anilines is 1. The van der Waals surface area contributed by atoms with Gasteiger partial charge in [0.1, 0.15) is 5.75 Å². The maximum absolute atomic E-state index is 13.0. The summed E-state index contributed by atoms with van der Waals surface area (Å²) in [6.45, 7) is 4.19. The number of amides is 1. The molecule has 7 heteroatoms. The van der Waals surface area contributed by atoms with Crippen LogP contribution in [0.15, 0.2) is 41.3 Å². The fourth-order valence-corrected chi connectivity index (χ4v) is 3.14. The number of aromatic nitrogens is 1. The summed E-state index contributed by atoms with van der Waals surface area (Å²) in [4.78, 5) is 39.2. The van der Waals surface area contributed by atoms with Gasteiger partial charge in [0.15, 0.2) is 18.1 Å². The van der Waals surface area contributed by atoms with Crippen molar-refractivity contribution in [2.24, 2.45) is 0 Å². The van der Waals surface area contributed by atoms with Gasteiger partial charge in [-0.15, -0.1) is 0 Å². The number of benzene rings is 1. The van der Waals surface area contributed by atoms with Crippen LogP contribution in [0, 0.1) is 0 Å². The monoisotopic (exact) mass is 370 g/mol. The van der Waals surface area contributed by atoms with Gasteiger partial charge >= 0.3 is 0 Å². The van der Waals surface area contributed by atoms with Crippen LogP contribution in [-0.2, 0) is 4.79 Å². The van der Waals surface area contributed by atoms with Crippen molar-refractivity contribution in [1.82, 2.24) is 4.57 Å². The predicted octanol–water partition coefficient (Wildman–Crippen LogP) is 2.44. The highest BCUT2D eigenvalue weighted by molar-refractivity contribution is 6.03. The Kier molecular flexibility index (Phi) is 5.30. The second-order valence-corrected chi connectivity index (χ2v) is 6.35. The van der Waals surface area contributed by atoms with Gasteiger partial charge < -0.3 is 18.9 Å². The molecule has 1 unspecified atom stereocenters. The van der Waals surface area contributed by atoms with Crippen LogP contribution in [0.5, 0.6) is 11.5 Å². The minimum Gasteiger partial charge on any atom is -0.491 e. The minimum absolute atomic E-state index is 0.00407. The third-order valence-electron chi connectivity index (χ3n) is 4.59. The number of fused-ring (bicyclic) bond motifs is 1. The van der Waals surface area contributed by atoms with E-state index in [2.05, 4.69) is 0 Å². The first-order valence-corrected chi connectivity index (χ1v) is 8.84. The molecule has 1 atom stereocenters. The standard InChI is InChI=1S/C20H22N2O5/c1-4-9-22-15-11-14(7-8-16(15)27-12-18(22)23)19(24)13(2)21-10-5-6-17(26-3)20(21)25/h5-8,10-11,13H,4,9,12H2,1-3H3. The normalized spacial score (nSPS) is 14.3. The van der Waals surface area contributed by atoms with Crippen molar-refractivity contribution in [2.45, 2.75) is 26.3 Å². The van der Waals surface area contributed by atoms with Gasteiger partial charge in [-0.05, 0) is 43.7 Å². The molecule has 0 bridgehead atoms. The summed E-state index contributed by atoms with van der Waals surface area (Å²) in [6.07, 6.45) is 2.35. The van der Waals surface area contributed by atoms with Crippen LogP contribution in [0.25, 0.3) is 0 Å². The molecule has 2 aromatic rings. The van der Waals surface area contributed by atoms with Gasteiger partial charge in [-0.2, -0.15) is 0 Å². The molecule has 1 aromatic carbocycles. The smallest absolute Gasteiger partial charge is 0.293 e. The number of nitrogens with zero attached hydrogens (tertiary/aromatic N) is 2. The van der Waals surface area contributed by atoms with Crippen LogP contribution in [-0.4, -0.2) is 36.5 Å². The molecule has 0 fully saturated rings. The van der Waals surface area contributed by atoms with Crippen molar-refractivity contribution in [3.8, 4) is 11.5 Å². The minimum atomic E-state index is -0.717. The van der Waals surface area contributed by atoms with Crippen LogP contribution in [0.2, 0.25) is 0 Å². The lowest BCUT2D eigenvalue weighted by atomic mass is 10.0. The molecule has 1 aliphatic rings. The maximum Gasteiger partial charge on any atom is 0.293 e. The number of methoxy groups -OCH3 is 1. The summed E-state index contributed by atoms with van der Waals surface area (Å²) in [5.41, 5.74) is 0.629. The Labute approximate surface area is 157 Å². The zero-order valence-electron chi connectivity index (χ0n) is 15.6. The van der Waals surface area contributed by atoms with E-state index >= 15 is 0 Å². The lowest BCUT2D eigenvalue weighted by Crippen LogP contribution is -2.39. The van der Waals surface area contributed by atoms with Crippen LogP contribution < -0.4 is 19.9 Å². The molecule has 0 spiro atoms. The van der Waals surface area contributed by atoms with E-state index in [1.165, 1.54) is 11.7 Å². The van der Waals surface area contributed by atoms with Crippen molar-refractivity contribution in [2.75, 3.05) is 25.2 Å². The van der Waals surface area contributed by atoms with Crippen LogP contribution in [0.4, 0.5) is 5.69 Å². The van der Waals surface area contributed by atoms with Gasteiger partial charge in [-0.25, -0.2) is 0 Å². The molecule has 3 rings (SSSR count). The van der Waals surface area contributed by atoms with Gasteiger partial charge in [-0.3, -0.25) is 14.4 Å². The van der Waals surface area contributed by atoms with E-state index < -0.39 is 6.04 Å². The number of ether oxygens (including phenoxy) is 2. The molecule has 1 aromatic heterocycles. The average molecular weight is 370 g/mol. The fraction of sp³-hybridized carbons (Fsp3) is 0.350. The maximum atomic E-state index is 13.0. The van der Waals surface area contributed by atoms with Gasteiger partial charge in [0.25, 0.3) is 11.5 Å². The number of hydrogen-bond acceptors (Lipinski definition) is 5. The molecule has 0 saturated carbocycles. The van der Waals surface area contributed by atoms with Crippen molar-refractivity contribution >= 4 is 17.4 Å². The van der Waals surface area contributed by atoms with Gasteiger partial charge in [0.2, 0.25) is 0 Å². The van der Waals surface area contributed by atoms with Gasteiger partial charge in [0.05, 0.1) is 18.8 Å². The van der Waals surface area contributed by atoms with E-state index in [-0.39, 0.29) is 29.6 Å². The Hall–Kier alpha value is -3.09. The van der Waals surface area contributed by atoms with E-state index in [0.717, 1.165) is 6.42 Å². The van der Waals surface area contributed by atoms with E-state index in [0.29, 0.717) is 23.5 Å². The molecule has 27 heavy (non-hydrogen) atoms. The molecule has 7 nitrogen and oxygen atoms in total. The zero-order valence-corrected chi connectivity index (χ0v) is 15.6. The summed E-state index contributed by atoms with van der Waals surface area (Å²) in [5, 5.41) is 0. The number of Topliss-reactive ketones (excluding diaryl/α,β-unsaturated/α-hetero) is 1. The van der Waals surface area contributed by atoms with E-state index in [4.69, 9.17) is 9.47 Å². The van der Waals surface area contributed by atoms with Crippen molar-refractivity contribution < 1.29 is 19.1 Å². The second-order valence-electron chi connectivity index (χ2n) is 6.35. The number of hydrogen-bond donors (Lipinski definition) is 0. The first kappa shape index (κ1) is 18.7. The van der Waals surface area contributed by atoms with E-state index in [1.54, 1.807) is 48.4 Å². The summed E-state index contributed by atoms with van der Waals surface area (Å²) in [5.74, 6) is 0.384. The van der Waals surface area contributed by atoms with Crippen molar-refractivity contribution in [3.63, 3.8) is 0 Å².